The third-order valence-electron chi connectivity index (χ3n) is 2.88. The molecule has 1 aromatic carbocycles. The number of hydrogen-bond donors (Lipinski definition) is 2. The third kappa shape index (κ3) is 3.61. The number of aromatic nitrogens is 1. The first-order valence-electron chi connectivity index (χ1n) is 6.15. The number of nitrogens with one attached hydrogen (secondary N) is 1. The number of carbonyl (C=O) groups excluding carboxylic acids is 1. The van der Waals surface area contributed by atoms with Crippen LogP contribution in [0.2, 0.25) is 5.15 Å². The number of pyridine rings is 1. The lowest BCUT2D eigenvalue weighted by molar-refractivity contribution is -0.138. The van der Waals surface area contributed by atoms with Crippen LogP contribution in [0.15, 0.2) is 24.4 Å². The van der Waals surface area contributed by atoms with Gasteiger partial charge in [0.25, 0.3) is 0 Å². The quantitative estimate of drug-likeness (QED) is 0.829. The molecule has 0 unspecified atom stereocenters. The maximum absolute atomic E-state index is 11.7. The summed E-state index contributed by atoms with van der Waals surface area (Å²) in [6.45, 7) is 0. The second kappa shape index (κ2) is 6.41. The number of anilines is 1. The van der Waals surface area contributed by atoms with Crippen LogP contribution in [0.25, 0.3) is 10.8 Å². The van der Waals surface area contributed by atoms with Crippen molar-refractivity contribution in [2.75, 3.05) is 12.4 Å². The van der Waals surface area contributed by atoms with Crippen molar-refractivity contribution in [1.82, 2.24) is 4.98 Å². The highest BCUT2D eigenvalue weighted by atomic mass is 35.5. The fourth-order valence-corrected chi connectivity index (χ4v) is 2.08. The molecule has 1 amide bonds. The molecule has 0 bridgehead atoms. The molecular weight excluding hydrogens is 296 g/mol. The van der Waals surface area contributed by atoms with Gasteiger partial charge in [-0.2, -0.15) is 0 Å². The largest absolute Gasteiger partial charge is 0.495 e. The van der Waals surface area contributed by atoms with E-state index < -0.39 is 11.9 Å². The number of carboxylic acid groups (broad SMARTS) is 1. The second-order valence-corrected chi connectivity index (χ2v) is 4.68. The fourth-order valence-electron chi connectivity index (χ4n) is 1.86. The van der Waals surface area contributed by atoms with Gasteiger partial charge in [-0.05, 0) is 23.6 Å². The van der Waals surface area contributed by atoms with E-state index in [9.17, 15) is 9.59 Å². The second-order valence-electron chi connectivity index (χ2n) is 4.32. The Morgan fingerprint density at radius 2 is 2.14 bits per heavy atom. The van der Waals surface area contributed by atoms with Crippen molar-refractivity contribution in [3.05, 3.63) is 29.5 Å². The van der Waals surface area contributed by atoms with Crippen molar-refractivity contribution in [2.24, 2.45) is 0 Å². The van der Waals surface area contributed by atoms with Gasteiger partial charge in [0.1, 0.15) is 10.9 Å². The van der Waals surface area contributed by atoms with Crippen LogP contribution in [0, 0.1) is 0 Å². The lowest BCUT2D eigenvalue weighted by Crippen LogP contribution is -2.13. The Hall–Kier alpha value is -2.34. The van der Waals surface area contributed by atoms with Gasteiger partial charge in [0.15, 0.2) is 0 Å². The lowest BCUT2D eigenvalue weighted by Gasteiger charge is -2.12. The monoisotopic (exact) mass is 308 g/mol. The predicted octanol–water partition coefficient (Wildman–Crippen LogP) is 2.70. The summed E-state index contributed by atoms with van der Waals surface area (Å²) in [6.07, 6.45) is 1.23. The zero-order valence-corrected chi connectivity index (χ0v) is 12.0. The number of hydrogen-bond acceptors (Lipinski definition) is 4. The van der Waals surface area contributed by atoms with Gasteiger partial charge < -0.3 is 15.2 Å². The van der Waals surface area contributed by atoms with Gasteiger partial charge in [-0.3, -0.25) is 9.59 Å². The molecule has 0 aliphatic rings. The highest BCUT2D eigenvalue weighted by Crippen LogP contribution is 2.32. The number of carbonyl (C=O) groups is 2. The number of nitrogens with zero attached hydrogens (tertiary/aromatic N) is 1. The van der Waals surface area contributed by atoms with Gasteiger partial charge in [-0.25, -0.2) is 4.98 Å². The predicted molar refractivity (Wildman–Crippen MR) is 78.8 cm³/mol. The summed E-state index contributed by atoms with van der Waals surface area (Å²) in [7, 11) is 1.48. The molecule has 6 nitrogen and oxygen atoms in total. The Bertz CT molecular complexity index is 703. The minimum atomic E-state index is -1.03. The smallest absolute Gasteiger partial charge is 0.303 e. The van der Waals surface area contributed by atoms with E-state index in [0.29, 0.717) is 22.0 Å². The average Bonchev–Trinajstić information content (AvgIpc) is 2.45. The van der Waals surface area contributed by atoms with Crippen molar-refractivity contribution in [2.45, 2.75) is 12.8 Å². The maximum Gasteiger partial charge on any atom is 0.303 e. The summed E-state index contributed by atoms with van der Waals surface area (Å²) < 4.78 is 5.23. The number of carboxylic acids is 1. The molecule has 2 aromatic rings. The van der Waals surface area contributed by atoms with Crippen molar-refractivity contribution in [3.8, 4) is 5.75 Å². The zero-order valence-electron chi connectivity index (χ0n) is 11.2. The van der Waals surface area contributed by atoms with Crippen LogP contribution < -0.4 is 10.1 Å². The Kier molecular flexibility index (Phi) is 4.59. The number of aliphatic carboxylic acids is 1. The van der Waals surface area contributed by atoms with Gasteiger partial charge in [-0.15, -0.1) is 0 Å². The summed E-state index contributed by atoms with van der Waals surface area (Å²) in [5.41, 5.74) is 0.426. The van der Waals surface area contributed by atoms with Crippen LogP contribution in [-0.4, -0.2) is 29.1 Å². The first-order chi connectivity index (χ1) is 10.0. The van der Waals surface area contributed by atoms with Crippen LogP contribution in [0.4, 0.5) is 5.69 Å². The van der Waals surface area contributed by atoms with Crippen LogP contribution in [0.5, 0.6) is 5.75 Å². The Labute approximate surface area is 125 Å². The third-order valence-corrected chi connectivity index (χ3v) is 3.18. The average molecular weight is 309 g/mol. The van der Waals surface area contributed by atoms with E-state index in [1.165, 1.54) is 7.11 Å². The van der Waals surface area contributed by atoms with E-state index in [2.05, 4.69) is 10.3 Å². The Morgan fingerprint density at radius 3 is 2.81 bits per heavy atom. The van der Waals surface area contributed by atoms with Gasteiger partial charge in [-0.1, -0.05) is 11.6 Å². The molecule has 7 heteroatoms. The number of ether oxygens (including phenoxy) is 1. The molecule has 0 aliphatic carbocycles. The lowest BCUT2D eigenvalue weighted by atomic mass is 10.1. The SMILES string of the molecule is COc1cc2ccnc(Cl)c2cc1NC(=O)CCC(=O)O. The van der Waals surface area contributed by atoms with E-state index >= 15 is 0 Å². The first-order valence-corrected chi connectivity index (χ1v) is 6.53. The minimum absolute atomic E-state index is 0.114. The van der Waals surface area contributed by atoms with Crippen LogP contribution >= 0.6 is 11.6 Å². The van der Waals surface area contributed by atoms with Crippen molar-refractivity contribution in [3.63, 3.8) is 0 Å². The molecule has 0 radical (unpaired) electrons. The summed E-state index contributed by atoms with van der Waals surface area (Å²) in [5, 5.41) is 13.0. The standard InChI is InChI=1S/C14H13ClN2O4/c1-21-11-6-8-4-5-16-14(15)9(8)7-10(11)17-12(18)2-3-13(19)20/h4-7H,2-3H2,1H3,(H,17,18)(H,19,20). The molecule has 1 aromatic heterocycles. The van der Waals surface area contributed by atoms with Gasteiger partial charge in [0, 0.05) is 18.0 Å². The zero-order chi connectivity index (χ0) is 15.4. The molecular formula is C14H13ClN2O4. The number of halogens is 1. The van der Waals surface area contributed by atoms with E-state index in [1.54, 1.807) is 24.4 Å². The van der Waals surface area contributed by atoms with E-state index in [-0.39, 0.29) is 12.8 Å². The summed E-state index contributed by atoms with van der Waals surface area (Å²) in [4.78, 5) is 26.2. The fraction of sp³-hybridized carbons (Fsp3) is 0.214. The molecule has 0 saturated carbocycles. The van der Waals surface area contributed by atoms with Crippen molar-refractivity contribution >= 4 is 39.9 Å². The summed E-state index contributed by atoms with van der Waals surface area (Å²) in [6, 6.07) is 5.16. The molecule has 2 N–H and O–H groups in total. The molecule has 1 heterocycles. The highest BCUT2D eigenvalue weighted by molar-refractivity contribution is 6.34. The topological polar surface area (TPSA) is 88.5 Å². The molecule has 2 rings (SSSR count). The molecule has 0 fully saturated rings. The first kappa shape index (κ1) is 15.1. The van der Waals surface area contributed by atoms with Gasteiger partial charge in [0.2, 0.25) is 5.91 Å². The van der Waals surface area contributed by atoms with Crippen LogP contribution in [0.3, 0.4) is 0 Å². The van der Waals surface area contributed by atoms with Gasteiger partial charge in [0.05, 0.1) is 19.2 Å². The molecule has 110 valence electrons. The Morgan fingerprint density at radius 1 is 1.38 bits per heavy atom. The molecule has 0 spiro atoms. The Balaban J connectivity index is 2.31. The maximum atomic E-state index is 11.7. The van der Waals surface area contributed by atoms with Crippen LogP contribution in [0.1, 0.15) is 12.8 Å². The van der Waals surface area contributed by atoms with Crippen LogP contribution in [-0.2, 0) is 9.59 Å². The number of benzene rings is 1. The molecule has 21 heavy (non-hydrogen) atoms. The normalized spacial score (nSPS) is 10.4. The summed E-state index contributed by atoms with van der Waals surface area (Å²) in [5.74, 6) is -0.966. The molecule has 0 aliphatic heterocycles. The van der Waals surface area contributed by atoms with Crippen molar-refractivity contribution < 1.29 is 19.4 Å². The van der Waals surface area contributed by atoms with E-state index in [1.807, 2.05) is 0 Å². The summed E-state index contributed by atoms with van der Waals surface area (Å²) >= 11 is 6.02. The molecule has 0 atom stereocenters. The molecule has 0 saturated heterocycles. The minimum Gasteiger partial charge on any atom is -0.495 e. The number of fused-ring (bicyclic) bond motifs is 1. The van der Waals surface area contributed by atoms with E-state index in [4.69, 9.17) is 21.4 Å². The highest BCUT2D eigenvalue weighted by Gasteiger charge is 2.12. The van der Waals surface area contributed by atoms with E-state index in [0.717, 1.165) is 5.39 Å². The van der Waals surface area contributed by atoms with Crippen molar-refractivity contribution in [1.29, 1.82) is 0 Å². The number of methoxy groups -OCH3 is 1. The van der Waals surface area contributed by atoms with Gasteiger partial charge >= 0.3 is 5.97 Å². The number of rotatable bonds is 5. The number of amides is 1.